The molecule has 0 unspecified atom stereocenters. The van der Waals surface area contributed by atoms with Crippen LogP contribution in [0.3, 0.4) is 0 Å². The zero-order valence-corrected chi connectivity index (χ0v) is 12.5. The molecule has 1 aromatic carbocycles. The summed E-state index contributed by atoms with van der Waals surface area (Å²) in [6.45, 7) is 0.703. The van der Waals surface area contributed by atoms with E-state index in [9.17, 15) is 9.18 Å². The van der Waals surface area contributed by atoms with E-state index in [2.05, 4.69) is 9.88 Å². The number of aromatic nitrogens is 1. The van der Waals surface area contributed by atoms with E-state index in [1.165, 1.54) is 25.0 Å². The standard InChI is InChI=1S/C17H20FN3O/c18-14-8-12-4-3-7-20-17(12)13(9-14)10-21(11-16(19)22)15-5-1-2-6-15/h3-4,7-9,15H,1-2,5-6,10-11H2,(H2,19,22). The second kappa shape index (κ2) is 6.40. The summed E-state index contributed by atoms with van der Waals surface area (Å²) < 4.78 is 13.8. The first-order valence-corrected chi connectivity index (χ1v) is 7.69. The van der Waals surface area contributed by atoms with E-state index in [0.717, 1.165) is 29.3 Å². The summed E-state index contributed by atoms with van der Waals surface area (Å²) in [6.07, 6.45) is 6.17. The number of hydrogen-bond donors (Lipinski definition) is 1. The lowest BCUT2D eigenvalue weighted by molar-refractivity contribution is -0.119. The number of pyridine rings is 1. The van der Waals surface area contributed by atoms with Crippen LogP contribution >= 0.6 is 0 Å². The van der Waals surface area contributed by atoms with E-state index in [0.29, 0.717) is 12.6 Å². The highest BCUT2D eigenvalue weighted by Gasteiger charge is 2.24. The largest absolute Gasteiger partial charge is 0.369 e. The summed E-state index contributed by atoms with van der Waals surface area (Å²) in [4.78, 5) is 17.8. The number of rotatable bonds is 5. The number of halogens is 1. The highest BCUT2D eigenvalue weighted by atomic mass is 19.1. The molecule has 1 aliphatic rings. The zero-order chi connectivity index (χ0) is 15.5. The Morgan fingerprint density at radius 2 is 2.14 bits per heavy atom. The van der Waals surface area contributed by atoms with Gasteiger partial charge >= 0.3 is 0 Å². The van der Waals surface area contributed by atoms with E-state index in [-0.39, 0.29) is 18.3 Å². The quantitative estimate of drug-likeness (QED) is 0.923. The second-order valence-corrected chi connectivity index (χ2v) is 5.95. The summed E-state index contributed by atoms with van der Waals surface area (Å²) in [5.74, 6) is -0.624. The van der Waals surface area contributed by atoms with Crippen molar-refractivity contribution in [3.05, 3.63) is 41.8 Å². The molecule has 3 rings (SSSR count). The Hall–Kier alpha value is -2.01. The Morgan fingerprint density at radius 3 is 2.86 bits per heavy atom. The molecular formula is C17H20FN3O. The van der Waals surface area contributed by atoms with E-state index in [4.69, 9.17) is 5.73 Å². The van der Waals surface area contributed by atoms with Crippen molar-refractivity contribution in [2.75, 3.05) is 6.54 Å². The fourth-order valence-corrected chi connectivity index (χ4v) is 3.35. The van der Waals surface area contributed by atoms with Crippen LogP contribution in [0.15, 0.2) is 30.5 Å². The Morgan fingerprint density at radius 1 is 1.36 bits per heavy atom. The smallest absolute Gasteiger partial charge is 0.231 e. The molecule has 0 spiro atoms. The number of hydrogen-bond acceptors (Lipinski definition) is 3. The number of carbonyl (C=O) groups is 1. The molecule has 0 saturated heterocycles. The summed E-state index contributed by atoms with van der Waals surface area (Å²) in [5.41, 5.74) is 6.98. The number of amides is 1. The molecule has 0 radical (unpaired) electrons. The predicted octanol–water partition coefficient (Wildman–Crippen LogP) is 2.60. The molecule has 1 saturated carbocycles. The van der Waals surface area contributed by atoms with Gasteiger partial charge in [-0.1, -0.05) is 18.9 Å². The number of nitrogens with zero attached hydrogens (tertiary/aromatic N) is 2. The molecule has 1 aliphatic carbocycles. The van der Waals surface area contributed by atoms with Gasteiger partial charge in [-0.2, -0.15) is 0 Å². The van der Waals surface area contributed by atoms with Gasteiger partial charge in [0.25, 0.3) is 0 Å². The van der Waals surface area contributed by atoms with Gasteiger partial charge in [0.15, 0.2) is 0 Å². The SMILES string of the molecule is NC(=O)CN(Cc1cc(F)cc2cccnc12)C1CCCC1. The fraction of sp³-hybridized carbons (Fsp3) is 0.412. The number of fused-ring (bicyclic) bond motifs is 1. The molecule has 116 valence electrons. The number of carbonyl (C=O) groups excluding carboxylic acids is 1. The highest BCUT2D eigenvalue weighted by Crippen LogP contribution is 2.27. The molecule has 2 N–H and O–H groups in total. The lowest BCUT2D eigenvalue weighted by Crippen LogP contribution is -2.39. The highest BCUT2D eigenvalue weighted by molar-refractivity contribution is 5.81. The summed E-state index contributed by atoms with van der Waals surface area (Å²) in [5, 5.41) is 0.781. The molecule has 1 heterocycles. The van der Waals surface area contributed by atoms with Crippen LogP contribution in [-0.2, 0) is 11.3 Å². The molecule has 1 amide bonds. The van der Waals surface area contributed by atoms with Gasteiger partial charge < -0.3 is 5.73 Å². The van der Waals surface area contributed by atoms with Crippen LogP contribution in [0.25, 0.3) is 10.9 Å². The minimum absolute atomic E-state index is 0.204. The minimum atomic E-state index is -0.347. The molecule has 0 bridgehead atoms. The lowest BCUT2D eigenvalue weighted by Gasteiger charge is -2.27. The van der Waals surface area contributed by atoms with Crippen molar-refractivity contribution in [1.29, 1.82) is 0 Å². The third-order valence-corrected chi connectivity index (χ3v) is 4.32. The third-order valence-electron chi connectivity index (χ3n) is 4.32. The van der Waals surface area contributed by atoms with Crippen LogP contribution in [0.4, 0.5) is 4.39 Å². The van der Waals surface area contributed by atoms with Crippen LogP contribution in [0.5, 0.6) is 0 Å². The maximum atomic E-state index is 13.8. The number of primary amides is 1. The number of benzene rings is 1. The van der Waals surface area contributed by atoms with Gasteiger partial charge in [0.1, 0.15) is 5.82 Å². The van der Waals surface area contributed by atoms with Gasteiger partial charge in [-0.25, -0.2) is 4.39 Å². The van der Waals surface area contributed by atoms with Crippen molar-refractivity contribution in [3.63, 3.8) is 0 Å². The Balaban J connectivity index is 1.93. The van der Waals surface area contributed by atoms with Crippen molar-refractivity contribution >= 4 is 16.8 Å². The third kappa shape index (κ3) is 3.25. The van der Waals surface area contributed by atoms with Gasteiger partial charge in [0.05, 0.1) is 12.1 Å². The van der Waals surface area contributed by atoms with Gasteiger partial charge in [-0.3, -0.25) is 14.7 Å². The number of nitrogens with two attached hydrogens (primary N) is 1. The lowest BCUT2D eigenvalue weighted by atomic mass is 10.1. The monoisotopic (exact) mass is 301 g/mol. The van der Waals surface area contributed by atoms with Crippen LogP contribution in [0, 0.1) is 5.82 Å². The molecule has 1 fully saturated rings. The molecule has 0 atom stereocenters. The van der Waals surface area contributed by atoms with Crippen LogP contribution in [0.2, 0.25) is 0 Å². The second-order valence-electron chi connectivity index (χ2n) is 5.95. The summed E-state index contributed by atoms with van der Waals surface area (Å²) >= 11 is 0. The molecule has 22 heavy (non-hydrogen) atoms. The summed E-state index contributed by atoms with van der Waals surface area (Å²) in [7, 11) is 0. The van der Waals surface area contributed by atoms with E-state index in [1.54, 1.807) is 12.3 Å². The molecule has 4 nitrogen and oxygen atoms in total. The van der Waals surface area contributed by atoms with Crippen molar-refractivity contribution in [2.24, 2.45) is 5.73 Å². The molecule has 5 heteroatoms. The first-order valence-electron chi connectivity index (χ1n) is 7.69. The Labute approximate surface area is 129 Å². The average Bonchev–Trinajstić information content (AvgIpc) is 3.00. The van der Waals surface area contributed by atoms with Crippen molar-refractivity contribution < 1.29 is 9.18 Å². The minimum Gasteiger partial charge on any atom is -0.369 e. The maximum absolute atomic E-state index is 13.8. The van der Waals surface area contributed by atoms with Crippen molar-refractivity contribution in [2.45, 2.75) is 38.3 Å². The van der Waals surface area contributed by atoms with Crippen molar-refractivity contribution in [3.8, 4) is 0 Å². The molecular weight excluding hydrogens is 281 g/mol. The molecule has 2 aromatic rings. The maximum Gasteiger partial charge on any atom is 0.231 e. The Bertz CT molecular complexity index is 683. The van der Waals surface area contributed by atoms with E-state index in [1.807, 2.05) is 6.07 Å². The van der Waals surface area contributed by atoms with Crippen LogP contribution < -0.4 is 5.73 Å². The van der Waals surface area contributed by atoms with Crippen LogP contribution in [-0.4, -0.2) is 28.4 Å². The average molecular weight is 301 g/mol. The van der Waals surface area contributed by atoms with Gasteiger partial charge in [0, 0.05) is 24.2 Å². The molecule has 1 aromatic heterocycles. The summed E-state index contributed by atoms with van der Waals surface area (Å²) in [6, 6.07) is 6.99. The van der Waals surface area contributed by atoms with Gasteiger partial charge in [0.2, 0.25) is 5.91 Å². The van der Waals surface area contributed by atoms with E-state index >= 15 is 0 Å². The first-order chi connectivity index (χ1) is 10.6. The molecule has 0 aliphatic heterocycles. The van der Waals surface area contributed by atoms with E-state index < -0.39 is 0 Å². The fourth-order valence-electron chi connectivity index (χ4n) is 3.35. The predicted molar refractivity (Wildman–Crippen MR) is 83.6 cm³/mol. The topological polar surface area (TPSA) is 59.2 Å². The van der Waals surface area contributed by atoms with Gasteiger partial charge in [-0.15, -0.1) is 0 Å². The van der Waals surface area contributed by atoms with Crippen LogP contribution in [0.1, 0.15) is 31.2 Å². The van der Waals surface area contributed by atoms with Crippen molar-refractivity contribution in [1.82, 2.24) is 9.88 Å². The normalized spacial score (nSPS) is 15.7. The Kier molecular flexibility index (Phi) is 4.34. The zero-order valence-electron chi connectivity index (χ0n) is 12.5. The van der Waals surface area contributed by atoms with Gasteiger partial charge in [-0.05, 0) is 36.6 Å². The first kappa shape index (κ1) is 14.9.